The summed E-state index contributed by atoms with van der Waals surface area (Å²) in [6.45, 7) is 6.36. The number of carbonyl (C=O) groups excluding carboxylic acids is 1. The number of fused-ring (bicyclic) bond motifs is 1. The zero-order valence-electron chi connectivity index (χ0n) is 10.5. The number of hydrogen-bond donors (Lipinski definition) is 0. The van der Waals surface area contributed by atoms with E-state index in [4.69, 9.17) is 18.9 Å². The highest BCUT2D eigenvalue weighted by atomic mass is 16.8. The van der Waals surface area contributed by atoms with Crippen LogP contribution in [0.1, 0.15) is 33.6 Å². The van der Waals surface area contributed by atoms with Gasteiger partial charge < -0.3 is 23.7 Å². The lowest BCUT2D eigenvalue weighted by molar-refractivity contribution is -0.215. The van der Waals surface area contributed by atoms with Gasteiger partial charge in [-0.05, 0) is 20.3 Å². The SMILES string of the molecule is CCCCO[C@@H]1[C@H]2OC(C)(C)O[C@H]2O[C@@H]1C=O. The molecule has 0 N–H and O–H groups in total. The van der Waals surface area contributed by atoms with Crippen LogP contribution in [-0.4, -0.2) is 43.3 Å². The third-order valence-corrected chi connectivity index (χ3v) is 2.97. The quantitative estimate of drug-likeness (QED) is 0.538. The van der Waals surface area contributed by atoms with Gasteiger partial charge in [0.1, 0.15) is 18.3 Å². The smallest absolute Gasteiger partial charge is 0.190 e. The van der Waals surface area contributed by atoms with Gasteiger partial charge in [0, 0.05) is 6.61 Å². The van der Waals surface area contributed by atoms with Crippen LogP contribution in [0, 0.1) is 0 Å². The molecule has 2 rings (SSSR count). The fraction of sp³-hybridized carbons (Fsp3) is 0.917. The minimum Gasteiger partial charge on any atom is -0.372 e. The fourth-order valence-corrected chi connectivity index (χ4v) is 2.17. The Morgan fingerprint density at radius 3 is 2.76 bits per heavy atom. The van der Waals surface area contributed by atoms with E-state index in [1.165, 1.54) is 0 Å². The van der Waals surface area contributed by atoms with Crippen LogP contribution in [0.15, 0.2) is 0 Å². The van der Waals surface area contributed by atoms with E-state index in [1.807, 2.05) is 13.8 Å². The molecule has 0 amide bonds. The highest BCUT2D eigenvalue weighted by Crippen LogP contribution is 2.38. The number of hydrogen-bond acceptors (Lipinski definition) is 5. The van der Waals surface area contributed by atoms with E-state index in [-0.39, 0.29) is 12.2 Å². The minimum atomic E-state index is -0.671. The van der Waals surface area contributed by atoms with Crippen molar-refractivity contribution in [3.8, 4) is 0 Å². The number of unbranched alkanes of at least 4 members (excludes halogenated alkanes) is 1. The van der Waals surface area contributed by atoms with E-state index in [1.54, 1.807) is 0 Å². The van der Waals surface area contributed by atoms with Gasteiger partial charge >= 0.3 is 0 Å². The van der Waals surface area contributed by atoms with Crippen molar-refractivity contribution in [3.63, 3.8) is 0 Å². The first-order valence-corrected chi connectivity index (χ1v) is 6.15. The highest BCUT2D eigenvalue weighted by Gasteiger charge is 2.55. The van der Waals surface area contributed by atoms with Crippen molar-refractivity contribution in [2.24, 2.45) is 0 Å². The second kappa shape index (κ2) is 5.02. The maximum atomic E-state index is 10.9. The second-order valence-electron chi connectivity index (χ2n) is 4.89. The van der Waals surface area contributed by atoms with Gasteiger partial charge in [-0.15, -0.1) is 0 Å². The van der Waals surface area contributed by atoms with Gasteiger partial charge in [-0.1, -0.05) is 13.3 Å². The first kappa shape index (κ1) is 13.0. The van der Waals surface area contributed by atoms with Gasteiger partial charge in [0.25, 0.3) is 0 Å². The molecule has 0 saturated carbocycles. The van der Waals surface area contributed by atoms with E-state index in [0.717, 1.165) is 19.1 Å². The van der Waals surface area contributed by atoms with Crippen molar-refractivity contribution in [3.05, 3.63) is 0 Å². The third-order valence-electron chi connectivity index (χ3n) is 2.97. The Kier molecular flexibility index (Phi) is 3.82. The summed E-state index contributed by atoms with van der Waals surface area (Å²) in [5.74, 6) is -0.671. The molecule has 0 aromatic rings. The predicted octanol–water partition coefficient (Wildman–Crippen LogP) is 1.25. The van der Waals surface area contributed by atoms with Crippen LogP contribution in [0.5, 0.6) is 0 Å². The maximum Gasteiger partial charge on any atom is 0.190 e. The molecule has 5 heteroatoms. The first-order valence-electron chi connectivity index (χ1n) is 6.15. The van der Waals surface area contributed by atoms with E-state index >= 15 is 0 Å². The first-order chi connectivity index (χ1) is 8.07. The summed E-state index contributed by atoms with van der Waals surface area (Å²) in [6.07, 6.45) is 1.03. The van der Waals surface area contributed by atoms with Crippen molar-refractivity contribution in [2.45, 2.75) is 64.0 Å². The average Bonchev–Trinajstić information content (AvgIpc) is 2.72. The van der Waals surface area contributed by atoms with Crippen molar-refractivity contribution in [1.82, 2.24) is 0 Å². The summed E-state index contributed by atoms with van der Waals surface area (Å²) in [4.78, 5) is 10.9. The molecule has 0 spiro atoms. The zero-order chi connectivity index (χ0) is 12.5. The lowest BCUT2D eigenvalue weighted by Gasteiger charge is -2.23. The molecule has 5 nitrogen and oxygen atoms in total. The molecule has 2 heterocycles. The maximum absolute atomic E-state index is 10.9. The Bertz CT molecular complexity index is 278. The summed E-state index contributed by atoms with van der Waals surface area (Å²) >= 11 is 0. The monoisotopic (exact) mass is 244 g/mol. The van der Waals surface area contributed by atoms with E-state index < -0.39 is 18.2 Å². The van der Waals surface area contributed by atoms with Gasteiger partial charge in [-0.2, -0.15) is 0 Å². The molecule has 0 bridgehead atoms. The molecule has 0 aromatic heterocycles. The van der Waals surface area contributed by atoms with Crippen molar-refractivity contribution in [2.75, 3.05) is 6.61 Å². The molecule has 0 aliphatic carbocycles. The topological polar surface area (TPSA) is 54.0 Å². The molecule has 2 saturated heterocycles. The van der Waals surface area contributed by atoms with E-state index in [0.29, 0.717) is 6.61 Å². The van der Waals surface area contributed by atoms with Crippen molar-refractivity contribution >= 4 is 6.29 Å². The minimum absolute atomic E-state index is 0.308. The number of rotatable bonds is 5. The Morgan fingerprint density at radius 1 is 1.35 bits per heavy atom. The number of aldehydes is 1. The largest absolute Gasteiger partial charge is 0.372 e. The summed E-state index contributed by atoms with van der Waals surface area (Å²) < 4.78 is 22.4. The summed E-state index contributed by atoms with van der Waals surface area (Å²) in [7, 11) is 0. The van der Waals surface area contributed by atoms with Crippen LogP contribution in [0.25, 0.3) is 0 Å². The normalized spacial score (nSPS) is 39.2. The van der Waals surface area contributed by atoms with Gasteiger partial charge in [-0.3, -0.25) is 0 Å². The summed E-state index contributed by atoms with van der Waals surface area (Å²) in [5, 5.41) is 0. The molecular weight excluding hydrogens is 224 g/mol. The molecule has 4 atom stereocenters. The molecule has 98 valence electrons. The van der Waals surface area contributed by atoms with Crippen LogP contribution >= 0.6 is 0 Å². The lowest BCUT2D eigenvalue weighted by atomic mass is 10.1. The van der Waals surface area contributed by atoms with Crippen molar-refractivity contribution in [1.29, 1.82) is 0 Å². The van der Waals surface area contributed by atoms with Crippen LogP contribution in [0.2, 0.25) is 0 Å². The predicted molar refractivity (Wildman–Crippen MR) is 59.4 cm³/mol. The molecular formula is C12H20O5. The van der Waals surface area contributed by atoms with E-state index in [9.17, 15) is 4.79 Å². The Labute approximate surface area is 101 Å². The number of carbonyl (C=O) groups is 1. The van der Waals surface area contributed by atoms with Crippen LogP contribution < -0.4 is 0 Å². The van der Waals surface area contributed by atoms with Gasteiger partial charge in [-0.25, -0.2) is 0 Å². The molecule has 2 fully saturated rings. The van der Waals surface area contributed by atoms with Crippen LogP contribution in [0.4, 0.5) is 0 Å². The Balaban J connectivity index is 1.98. The molecule has 0 radical (unpaired) electrons. The fourth-order valence-electron chi connectivity index (χ4n) is 2.17. The van der Waals surface area contributed by atoms with E-state index in [2.05, 4.69) is 6.92 Å². The highest BCUT2D eigenvalue weighted by molar-refractivity contribution is 5.58. The van der Waals surface area contributed by atoms with Crippen LogP contribution in [0.3, 0.4) is 0 Å². The average molecular weight is 244 g/mol. The van der Waals surface area contributed by atoms with Crippen molar-refractivity contribution < 1.29 is 23.7 Å². The second-order valence-corrected chi connectivity index (χ2v) is 4.89. The third kappa shape index (κ3) is 2.68. The molecule has 2 aliphatic rings. The Morgan fingerprint density at radius 2 is 2.12 bits per heavy atom. The summed E-state index contributed by atoms with van der Waals surface area (Å²) in [5.41, 5.74) is 0. The zero-order valence-corrected chi connectivity index (χ0v) is 10.5. The number of ether oxygens (including phenoxy) is 4. The molecule has 0 aromatic carbocycles. The molecule has 17 heavy (non-hydrogen) atoms. The summed E-state index contributed by atoms with van der Waals surface area (Å²) in [6, 6.07) is 0. The van der Waals surface area contributed by atoms with Gasteiger partial charge in [0.15, 0.2) is 18.4 Å². The van der Waals surface area contributed by atoms with Gasteiger partial charge in [0.2, 0.25) is 0 Å². The van der Waals surface area contributed by atoms with Crippen LogP contribution in [-0.2, 0) is 23.7 Å². The van der Waals surface area contributed by atoms with Gasteiger partial charge in [0.05, 0.1) is 0 Å². The standard InChI is InChI=1S/C12H20O5/c1-4-5-6-14-9-8(7-13)15-11-10(9)16-12(2,3)17-11/h7-11H,4-6H2,1-3H3/t8-,9+,10-,11-/m1/s1. The lowest BCUT2D eigenvalue weighted by Crippen LogP contribution is -2.37. The Hall–Kier alpha value is -0.490. The molecule has 0 unspecified atom stereocenters. The molecule has 2 aliphatic heterocycles.